The lowest BCUT2D eigenvalue weighted by Crippen LogP contribution is -2.52. The van der Waals surface area contributed by atoms with Crippen LogP contribution in [0.5, 0.6) is 0 Å². The molecule has 3 atom stereocenters. The third-order valence-electron chi connectivity index (χ3n) is 5.85. The third kappa shape index (κ3) is 8.30. The first-order valence-corrected chi connectivity index (χ1v) is 11.2. The molecule has 0 spiro atoms. The molecule has 1 fully saturated rings. The second-order valence-electron chi connectivity index (χ2n) is 8.25. The molecule has 0 bridgehead atoms. The van der Waals surface area contributed by atoms with Crippen LogP contribution in [0.1, 0.15) is 62.8 Å². The molecule has 0 saturated carbocycles. The molecule has 1 aliphatic heterocycles. The summed E-state index contributed by atoms with van der Waals surface area (Å²) in [5.41, 5.74) is 6.54. The van der Waals surface area contributed by atoms with Gasteiger partial charge in [0.05, 0.1) is 6.04 Å². The molecule has 31 heavy (non-hydrogen) atoms. The van der Waals surface area contributed by atoms with E-state index in [1.807, 2.05) is 30.3 Å². The third-order valence-corrected chi connectivity index (χ3v) is 5.85. The summed E-state index contributed by atoms with van der Waals surface area (Å²) in [6.07, 6.45) is 6.27. The first-order chi connectivity index (χ1) is 14.9. The van der Waals surface area contributed by atoms with Gasteiger partial charge < -0.3 is 20.8 Å². The number of carboxylic acids is 2. The lowest BCUT2D eigenvalue weighted by Gasteiger charge is -2.26. The van der Waals surface area contributed by atoms with Crippen molar-refractivity contribution in [3.05, 3.63) is 35.9 Å². The van der Waals surface area contributed by atoms with Crippen LogP contribution in [0.25, 0.3) is 0 Å². The Morgan fingerprint density at radius 2 is 1.74 bits per heavy atom. The standard InChI is InChI=1S/C23H35N3O5/c24-14-8-3-1-2-7-11-20(23(30)31)25-19-13-12-18(17-9-5-4-6-10-17)15-26(22(19)29)16-21(27)28/h4-6,9-10,18-20,25H,1-3,7-8,11-16,24H2,(H,27,28)(H,30,31). The molecule has 172 valence electrons. The smallest absolute Gasteiger partial charge is 0.323 e. The van der Waals surface area contributed by atoms with Crippen LogP contribution in [0.15, 0.2) is 30.3 Å². The maximum absolute atomic E-state index is 13.1. The molecule has 8 nitrogen and oxygen atoms in total. The highest BCUT2D eigenvalue weighted by molar-refractivity contribution is 5.86. The van der Waals surface area contributed by atoms with Gasteiger partial charge in [-0.05, 0) is 37.8 Å². The average molecular weight is 434 g/mol. The molecule has 1 aliphatic rings. The first-order valence-electron chi connectivity index (χ1n) is 11.2. The van der Waals surface area contributed by atoms with Crippen molar-refractivity contribution in [3.63, 3.8) is 0 Å². The Labute approximate surface area is 183 Å². The number of aliphatic carboxylic acids is 2. The Kier molecular flexibility index (Phi) is 10.5. The van der Waals surface area contributed by atoms with Gasteiger partial charge in [0, 0.05) is 12.5 Å². The van der Waals surface area contributed by atoms with E-state index >= 15 is 0 Å². The summed E-state index contributed by atoms with van der Waals surface area (Å²) in [7, 11) is 0. The molecule has 0 radical (unpaired) electrons. The molecule has 1 saturated heterocycles. The molecule has 1 aromatic rings. The van der Waals surface area contributed by atoms with Crippen LogP contribution in [0, 0.1) is 0 Å². The minimum absolute atomic E-state index is 0.0159. The molecule has 0 aromatic heterocycles. The van der Waals surface area contributed by atoms with Crippen molar-refractivity contribution in [2.75, 3.05) is 19.6 Å². The van der Waals surface area contributed by atoms with E-state index in [4.69, 9.17) is 5.73 Å². The van der Waals surface area contributed by atoms with E-state index in [1.165, 1.54) is 4.90 Å². The fraction of sp³-hybridized carbons (Fsp3) is 0.609. The predicted molar refractivity (Wildman–Crippen MR) is 118 cm³/mol. The molecule has 1 aromatic carbocycles. The number of amides is 1. The van der Waals surface area contributed by atoms with Gasteiger partial charge >= 0.3 is 11.9 Å². The number of nitrogens with two attached hydrogens (primary N) is 1. The van der Waals surface area contributed by atoms with Crippen LogP contribution in [-0.2, 0) is 14.4 Å². The van der Waals surface area contributed by atoms with Gasteiger partial charge in [0.2, 0.25) is 5.91 Å². The highest BCUT2D eigenvalue weighted by atomic mass is 16.4. The Morgan fingerprint density at radius 1 is 1.06 bits per heavy atom. The summed E-state index contributed by atoms with van der Waals surface area (Å²) in [6, 6.07) is 8.19. The van der Waals surface area contributed by atoms with Crippen molar-refractivity contribution in [1.29, 1.82) is 0 Å². The molecule has 8 heteroatoms. The van der Waals surface area contributed by atoms with Gasteiger partial charge in [0.1, 0.15) is 12.6 Å². The molecular formula is C23H35N3O5. The summed E-state index contributed by atoms with van der Waals surface area (Å²) in [5, 5.41) is 21.9. The number of nitrogens with one attached hydrogen (secondary N) is 1. The highest BCUT2D eigenvalue weighted by Gasteiger charge is 2.34. The highest BCUT2D eigenvalue weighted by Crippen LogP contribution is 2.27. The van der Waals surface area contributed by atoms with Crippen LogP contribution in [0.2, 0.25) is 0 Å². The zero-order chi connectivity index (χ0) is 22.6. The molecule has 3 unspecified atom stereocenters. The zero-order valence-electron chi connectivity index (χ0n) is 18.0. The zero-order valence-corrected chi connectivity index (χ0v) is 18.0. The summed E-state index contributed by atoms with van der Waals surface area (Å²) >= 11 is 0. The topological polar surface area (TPSA) is 133 Å². The predicted octanol–water partition coefficient (Wildman–Crippen LogP) is 2.19. The first kappa shape index (κ1) is 24.8. The summed E-state index contributed by atoms with van der Waals surface area (Å²) in [5.74, 6) is -2.38. The number of carbonyl (C=O) groups excluding carboxylic acids is 1. The SMILES string of the molecule is NCCCCCCCC(NC1CCC(c2ccccc2)CN(CC(=O)O)C1=O)C(=O)O. The maximum atomic E-state index is 13.1. The number of likely N-dealkylation sites (tertiary alicyclic amines) is 1. The molecule has 2 rings (SSSR count). The summed E-state index contributed by atoms with van der Waals surface area (Å²) in [6.45, 7) is 0.589. The second kappa shape index (κ2) is 13.1. The fourth-order valence-electron chi connectivity index (χ4n) is 4.16. The largest absolute Gasteiger partial charge is 0.480 e. The van der Waals surface area contributed by atoms with Crippen LogP contribution >= 0.6 is 0 Å². The Balaban J connectivity index is 2.03. The van der Waals surface area contributed by atoms with E-state index in [9.17, 15) is 24.6 Å². The molecular weight excluding hydrogens is 398 g/mol. The van der Waals surface area contributed by atoms with Crippen molar-refractivity contribution < 1.29 is 24.6 Å². The number of hydrogen-bond acceptors (Lipinski definition) is 5. The van der Waals surface area contributed by atoms with Gasteiger partial charge in [-0.15, -0.1) is 0 Å². The number of hydrogen-bond donors (Lipinski definition) is 4. The lowest BCUT2D eigenvalue weighted by atomic mass is 9.93. The number of rotatable bonds is 13. The Morgan fingerprint density at radius 3 is 2.39 bits per heavy atom. The van der Waals surface area contributed by atoms with E-state index in [0.717, 1.165) is 37.7 Å². The average Bonchev–Trinajstić information content (AvgIpc) is 2.89. The van der Waals surface area contributed by atoms with Gasteiger partial charge in [-0.3, -0.25) is 19.7 Å². The van der Waals surface area contributed by atoms with E-state index in [-0.39, 0.29) is 18.4 Å². The number of carbonyl (C=O) groups is 3. The normalized spacial score (nSPS) is 20.3. The molecule has 0 aliphatic carbocycles. The van der Waals surface area contributed by atoms with E-state index in [2.05, 4.69) is 5.32 Å². The van der Waals surface area contributed by atoms with Crippen LogP contribution in [0.3, 0.4) is 0 Å². The van der Waals surface area contributed by atoms with Crippen LogP contribution in [0.4, 0.5) is 0 Å². The number of benzene rings is 1. The monoisotopic (exact) mass is 433 g/mol. The fourth-order valence-corrected chi connectivity index (χ4v) is 4.16. The quantitative estimate of drug-likeness (QED) is 0.350. The minimum Gasteiger partial charge on any atom is -0.480 e. The van der Waals surface area contributed by atoms with Crippen molar-refractivity contribution in [2.24, 2.45) is 5.73 Å². The summed E-state index contributed by atoms with van der Waals surface area (Å²) in [4.78, 5) is 37.5. The van der Waals surface area contributed by atoms with Crippen LogP contribution < -0.4 is 11.1 Å². The summed E-state index contributed by atoms with van der Waals surface area (Å²) < 4.78 is 0. The van der Waals surface area contributed by atoms with Crippen LogP contribution in [-0.4, -0.2) is 64.7 Å². The van der Waals surface area contributed by atoms with Crippen molar-refractivity contribution in [1.82, 2.24) is 10.2 Å². The van der Waals surface area contributed by atoms with Gasteiger partial charge in [0.25, 0.3) is 0 Å². The molecule has 5 N–H and O–H groups in total. The Hall–Kier alpha value is -2.45. The van der Waals surface area contributed by atoms with Gasteiger partial charge in [-0.25, -0.2) is 0 Å². The maximum Gasteiger partial charge on any atom is 0.323 e. The van der Waals surface area contributed by atoms with Crippen molar-refractivity contribution >= 4 is 17.8 Å². The van der Waals surface area contributed by atoms with Gasteiger partial charge in [0.15, 0.2) is 0 Å². The van der Waals surface area contributed by atoms with Gasteiger partial charge in [-0.1, -0.05) is 56.0 Å². The van der Waals surface area contributed by atoms with E-state index in [0.29, 0.717) is 32.4 Å². The Bertz CT molecular complexity index is 712. The molecule has 1 heterocycles. The molecule has 1 amide bonds. The number of nitrogens with zero attached hydrogens (tertiary/aromatic N) is 1. The number of carboxylic acid groups (broad SMARTS) is 2. The van der Waals surface area contributed by atoms with E-state index < -0.39 is 24.0 Å². The number of unbranched alkanes of at least 4 members (excludes halogenated alkanes) is 4. The second-order valence-corrected chi connectivity index (χ2v) is 8.25. The minimum atomic E-state index is -1.08. The lowest BCUT2D eigenvalue weighted by molar-refractivity contribution is -0.146. The van der Waals surface area contributed by atoms with Crippen molar-refractivity contribution in [2.45, 2.75) is 69.4 Å². The van der Waals surface area contributed by atoms with Gasteiger partial charge in [-0.2, -0.15) is 0 Å². The van der Waals surface area contributed by atoms with Crippen molar-refractivity contribution in [3.8, 4) is 0 Å². The van der Waals surface area contributed by atoms with E-state index in [1.54, 1.807) is 0 Å².